The largest absolute Gasteiger partial charge is 0.465 e. The third-order valence-corrected chi connectivity index (χ3v) is 2.58. The Bertz CT molecular complexity index is 497. The fourth-order valence-corrected chi connectivity index (χ4v) is 1.61. The standard InChI is InChI=1S/C8H8FNO4S/c1-14-8(11)5-2-3-6(10)7(4-5)15(9,12)13/h2-4H,10H2,1H3. The second kappa shape index (κ2) is 3.85. The minimum absolute atomic E-state index is 0.0806. The van der Waals surface area contributed by atoms with Crippen LogP contribution in [-0.4, -0.2) is 21.5 Å². The Kier molecular flexibility index (Phi) is 2.94. The quantitative estimate of drug-likeness (QED) is 0.462. The molecule has 82 valence electrons. The monoisotopic (exact) mass is 233 g/mol. The lowest BCUT2D eigenvalue weighted by atomic mass is 10.2. The van der Waals surface area contributed by atoms with Gasteiger partial charge in [0.1, 0.15) is 4.90 Å². The van der Waals surface area contributed by atoms with Crippen LogP contribution in [-0.2, 0) is 15.0 Å². The maximum Gasteiger partial charge on any atom is 0.337 e. The van der Waals surface area contributed by atoms with Crippen LogP contribution in [0, 0.1) is 0 Å². The summed E-state index contributed by atoms with van der Waals surface area (Å²) in [5.41, 5.74) is 4.91. The van der Waals surface area contributed by atoms with E-state index in [1.807, 2.05) is 0 Å². The van der Waals surface area contributed by atoms with Gasteiger partial charge in [-0.1, -0.05) is 0 Å². The number of hydrogen-bond donors (Lipinski definition) is 1. The average Bonchev–Trinajstić information content (AvgIpc) is 2.15. The maximum absolute atomic E-state index is 12.7. The summed E-state index contributed by atoms with van der Waals surface area (Å²) in [6.45, 7) is 0. The first-order valence-electron chi connectivity index (χ1n) is 3.78. The van der Waals surface area contributed by atoms with E-state index in [1.54, 1.807) is 0 Å². The number of methoxy groups -OCH3 is 1. The van der Waals surface area contributed by atoms with Gasteiger partial charge in [-0.05, 0) is 18.2 Å². The molecule has 0 saturated heterocycles. The van der Waals surface area contributed by atoms with Crippen molar-refractivity contribution in [2.24, 2.45) is 0 Å². The molecule has 0 aliphatic rings. The van der Waals surface area contributed by atoms with Gasteiger partial charge in [-0.25, -0.2) is 4.79 Å². The molecule has 0 atom stereocenters. The zero-order valence-corrected chi connectivity index (χ0v) is 8.55. The number of esters is 1. The summed E-state index contributed by atoms with van der Waals surface area (Å²) in [6, 6.07) is 3.20. The molecule has 0 aliphatic heterocycles. The van der Waals surface area contributed by atoms with Crippen molar-refractivity contribution >= 4 is 21.9 Å². The van der Waals surface area contributed by atoms with Crippen LogP contribution >= 0.6 is 0 Å². The van der Waals surface area contributed by atoms with E-state index in [9.17, 15) is 17.1 Å². The number of carbonyl (C=O) groups excluding carboxylic acids is 1. The molecule has 0 radical (unpaired) electrons. The molecule has 0 fully saturated rings. The average molecular weight is 233 g/mol. The molecule has 1 aromatic carbocycles. The van der Waals surface area contributed by atoms with Crippen molar-refractivity contribution in [3.8, 4) is 0 Å². The van der Waals surface area contributed by atoms with Crippen LogP contribution < -0.4 is 5.73 Å². The van der Waals surface area contributed by atoms with E-state index in [4.69, 9.17) is 5.73 Å². The SMILES string of the molecule is COC(=O)c1ccc(N)c(S(=O)(=O)F)c1. The van der Waals surface area contributed by atoms with Crippen LogP contribution in [0.25, 0.3) is 0 Å². The zero-order chi connectivity index (χ0) is 11.6. The van der Waals surface area contributed by atoms with Gasteiger partial charge in [0.05, 0.1) is 18.4 Å². The molecule has 0 amide bonds. The Balaban J connectivity index is 3.36. The molecule has 1 rings (SSSR count). The molecular weight excluding hydrogens is 225 g/mol. The molecule has 0 aromatic heterocycles. The summed E-state index contributed by atoms with van der Waals surface area (Å²) < 4.78 is 38.3. The minimum atomic E-state index is -4.93. The Morgan fingerprint density at radius 1 is 1.47 bits per heavy atom. The van der Waals surface area contributed by atoms with Crippen LogP contribution in [0.15, 0.2) is 23.1 Å². The van der Waals surface area contributed by atoms with Gasteiger partial charge in [0, 0.05) is 0 Å². The molecule has 0 saturated carbocycles. The predicted molar refractivity (Wildman–Crippen MR) is 50.5 cm³/mol. The van der Waals surface area contributed by atoms with Gasteiger partial charge in [0.2, 0.25) is 0 Å². The lowest BCUT2D eigenvalue weighted by Crippen LogP contribution is -2.05. The van der Waals surface area contributed by atoms with E-state index >= 15 is 0 Å². The number of rotatable bonds is 2. The normalized spacial score (nSPS) is 11.1. The molecule has 0 heterocycles. The molecule has 0 bridgehead atoms. The minimum Gasteiger partial charge on any atom is -0.465 e. The van der Waals surface area contributed by atoms with Gasteiger partial charge >= 0.3 is 16.2 Å². The van der Waals surface area contributed by atoms with E-state index in [0.717, 1.165) is 19.2 Å². The lowest BCUT2D eigenvalue weighted by molar-refractivity contribution is 0.0600. The van der Waals surface area contributed by atoms with Crippen molar-refractivity contribution in [2.45, 2.75) is 4.90 Å². The van der Waals surface area contributed by atoms with E-state index < -0.39 is 21.1 Å². The smallest absolute Gasteiger partial charge is 0.337 e. The number of halogens is 1. The van der Waals surface area contributed by atoms with Crippen LogP contribution in [0.5, 0.6) is 0 Å². The second-order valence-corrected chi connectivity index (χ2v) is 4.00. The first kappa shape index (κ1) is 11.4. The van der Waals surface area contributed by atoms with Crippen molar-refractivity contribution in [2.75, 3.05) is 12.8 Å². The molecule has 15 heavy (non-hydrogen) atoms. The molecule has 0 aliphatic carbocycles. The summed E-state index contributed by atoms with van der Waals surface area (Å²) in [5, 5.41) is 0. The van der Waals surface area contributed by atoms with Crippen LogP contribution in [0.4, 0.5) is 9.57 Å². The molecule has 0 unspecified atom stereocenters. The number of nitrogens with two attached hydrogens (primary N) is 1. The number of ether oxygens (including phenoxy) is 1. The van der Waals surface area contributed by atoms with E-state index in [-0.39, 0.29) is 11.3 Å². The predicted octanol–water partition coefficient (Wildman–Crippen LogP) is 0.714. The number of hydrogen-bond acceptors (Lipinski definition) is 5. The first-order chi connectivity index (χ1) is 6.86. The van der Waals surface area contributed by atoms with E-state index in [0.29, 0.717) is 0 Å². The lowest BCUT2D eigenvalue weighted by Gasteiger charge is -2.03. The van der Waals surface area contributed by atoms with Crippen molar-refractivity contribution in [3.63, 3.8) is 0 Å². The molecule has 2 N–H and O–H groups in total. The third kappa shape index (κ3) is 2.44. The highest BCUT2D eigenvalue weighted by Crippen LogP contribution is 2.22. The molecule has 0 spiro atoms. The van der Waals surface area contributed by atoms with Crippen molar-refractivity contribution in [3.05, 3.63) is 23.8 Å². The fraction of sp³-hybridized carbons (Fsp3) is 0.125. The van der Waals surface area contributed by atoms with Gasteiger partial charge in [0.15, 0.2) is 0 Å². The maximum atomic E-state index is 12.7. The number of anilines is 1. The van der Waals surface area contributed by atoms with Crippen molar-refractivity contribution < 1.29 is 21.8 Å². The first-order valence-corrected chi connectivity index (χ1v) is 5.17. The van der Waals surface area contributed by atoms with Crippen molar-refractivity contribution in [1.82, 2.24) is 0 Å². The van der Waals surface area contributed by atoms with Crippen LogP contribution in [0.3, 0.4) is 0 Å². The van der Waals surface area contributed by atoms with Gasteiger partial charge < -0.3 is 10.5 Å². The topological polar surface area (TPSA) is 86.5 Å². The molecule has 5 nitrogen and oxygen atoms in total. The highest BCUT2D eigenvalue weighted by molar-refractivity contribution is 7.86. The Labute approximate surface area is 85.9 Å². The van der Waals surface area contributed by atoms with Gasteiger partial charge in [-0.2, -0.15) is 8.42 Å². The summed E-state index contributed by atoms with van der Waals surface area (Å²) in [4.78, 5) is 10.3. The van der Waals surface area contributed by atoms with E-state index in [2.05, 4.69) is 4.74 Å². The van der Waals surface area contributed by atoms with Gasteiger partial charge in [0.25, 0.3) is 0 Å². The zero-order valence-electron chi connectivity index (χ0n) is 7.73. The Hall–Kier alpha value is -1.63. The fourth-order valence-electron chi connectivity index (χ4n) is 0.990. The number of carbonyl (C=O) groups is 1. The summed E-state index contributed by atoms with van der Waals surface area (Å²) in [6.07, 6.45) is 0. The highest BCUT2D eigenvalue weighted by Gasteiger charge is 2.18. The van der Waals surface area contributed by atoms with Gasteiger partial charge in [-0.15, -0.1) is 3.89 Å². The molecular formula is C8H8FNO4S. The van der Waals surface area contributed by atoms with E-state index in [1.165, 1.54) is 6.07 Å². The van der Waals surface area contributed by atoms with Crippen LogP contribution in [0.1, 0.15) is 10.4 Å². The van der Waals surface area contributed by atoms with Crippen LogP contribution in [0.2, 0.25) is 0 Å². The second-order valence-electron chi connectivity index (χ2n) is 2.68. The number of benzene rings is 1. The molecule has 1 aromatic rings. The summed E-state index contributed by atoms with van der Waals surface area (Å²) in [5.74, 6) is -0.764. The third-order valence-electron chi connectivity index (χ3n) is 1.70. The van der Waals surface area contributed by atoms with Crippen molar-refractivity contribution in [1.29, 1.82) is 0 Å². The number of nitrogen functional groups attached to an aromatic ring is 1. The Morgan fingerprint density at radius 3 is 2.53 bits per heavy atom. The highest BCUT2D eigenvalue weighted by atomic mass is 32.3. The summed E-state index contributed by atoms with van der Waals surface area (Å²) in [7, 11) is -3.80. The van der Waals surface area contributed by atoms with Gasteiger partial charge in [-0.3, -0.25) is 0 Å². The summed E-state index contributed by atoms with van der Waals surface area (Å²) >= 11 is 0. The Morgan fingerprint density at radius 2 is 2.07 bits per heavy atom. The molecule has 7 heteroatoms.